The fourth-order valence-corrected chi connectivity index (χ4v) is 4.41. The number of amides is 2. The van der Waals surface area contributed by atoms with Crippen LogP contribution in [0.15, 0.2) is 54.6 Å². The average molecular weight is 475 g/mol. The summed E-state index contributed by atoms with van der Waals surface area (Å²) >= 11 is 0. The number of aryl methyl sites for hydroxylation is 2. The molecule has 1 fully saturated rings. The number of halogens is 1. The molecule has 6 nitrogen and oxygen atoms in total. The number of likely N-dealkylation sites (tertiary alicyclic amines) is 1. The zero-order valence-electron chi connectivity index (χ0n) is 20.4. The molecule has 1 N–H and O–H groups in total. The fourth-order valence-electron chi connectivity index (χ4n) is 4.41. The van der Waals surface area contributed by atoms with E-state index in [1.54, 1.807) is 23.1 Å². The molecule has 0 spiro atoms. The van der Waals surface area contributed by atoms with Gasteiger partial charge in [-0.25, -0.2) is 4.39 Å². The molecule has 1 saturated heterocycles. The minimum atomic E-state index is -0.508. The first kappa shape index (κ1) is 24.4. The normalized spacial score (nSPS) is 14.5. The molecule has 4 rings (SSSR count). The van der Waals surface area contributed by atoms with E-state index in [9.17, 15) is 14.0 Å². The van der Waals surface area contributed by atoms with Crippen LogP contribution < -0.4 is 5.32 Å². The van der Waals surface area contributed by atoms with Gasteiger partial charge in [-0.2, -0.15) is 5.10 Å². The van der Waals surface area contributed by atoms with E-state index in [0.717, 1.165) is 17.0 Å². The maximum absolute atomic E-state index is 13.9. The number of piperidine rings is 1. The summed E-state index contributed by atoms with van der Waals surface area (Å²) in [4.78, 5) is 26.8. The lowest BCUT2D eigenvalue weighted by atomic mass is 10.0. The number of carbonyl (C=O) groups is 2. The standard InChI is InChI=1S/C28H31FN4O2/c1-19-8-10-22(11-9-19)18-33-21(3)24(20(2)31-33)12-13-27(34)30-23-14-16-32(17-15-23)28(35)25-6-4-5-7-26(25)29/h4-13,23H,14-18H2,1-3H3,(H,30,34). The maximum atomic E-state index is 13.9. The van der Waals surface area contributed by atoms with Gasteiger partial charge in [0.2, 0.25) is 5.91 Å². The predicted octanol–water partition coefficient (Wildman–Crippen LogP) is 4.43. The van der Waals surface area contributed by atoms with Crippen molar-refractivity contribution in [2.24, 2.45) is 0 Å². The molecule has 1 aromatic heterocycles. The molecule has 0 saturated carbocycles. The van der Waals surface area contributed by atoms with Crippen LogP contribution in [0.5, 0.6) is 0 Å². The summed E-state index contributed by atoms with van der Waals surface area (Å²) in [5, 5.41) is 7.67. The fraction of sp³-hybridized carbons (Fsp3) is 0.321. The van der Waals surface area contributed by atoms with Crippen molar-refractivity contribution < 1.29 is 14.0 Å². The summed E-state index contributed by atoms with van der Waals surface area (Å²) in [7, 11) is 0. The van der Waals surface area contributed by atoms with Gasteiger partial charge in [0.05, 0.1) is 17.8 Å². The van der Waals surface area contributed by atoms with Crippen LogP contribution in [0, 0.1) is 26.6 Å². The molecule has 2 aromatic carbocycles. The summed E-state index contributed by atoms with van der Waals surface area (Å²) in [5.41, 5.74) is 5.31. The summed E-state index contributed by atoms with van der Waals surface area (Å²) in [6, 6.07) is 14.4. The third kappa shape index (κ3) is 5.85. The highest BCUT2D eigenvalue weighted by Gasteiger charge is 2.25. The van der Waals surface area contributed by atoms with E-state index in [-0.39, 0.29) is 23.4 Å². The van der Waals surface area contributed by atoms with Crippen molar-refractivity contribution in [2.45, 2.75) is 46.2 Å². The number of nitrogens with one attached hydrogen (secondary N) is 1. The summed E-state index contributed by atoms with van der Waals surface area (Å²) in [6.07, 6.45) is 4.62. The molecule has 0 unspecified atom stereocenters. The smallest absolute Gasteiger partial charge is 0.256 e. The Balaban J connectivity index is 1.31. The molecule has 0 atom stereocenters. The van der Waals surface area contributed by atoms with Crippen molar-refractivity contribution >= 4 is 17.9 Å². The lowest BCUT2D eigenvalue weighted by Crippen LogP contribution is -2.46. The van der Waals surface area contributed by atoms with Gasteiger partial charge in [-0.1, -0.05) is 42.0 Å². The van der Waals surface area contributed by atoms with Crippen LogP contribution in [0.2, 0.25) is 0 Å². The Kier molecular flexibility index (Phi) is 7.44. The van der Waals surface area contributed by atoms with E-state index in [1.165, 1.54) is 23.3 Å². The highest BCUT2D eigenvalue weighted by atomic mass is 19.1. The van der Waals surface area contributed by atoms with Crippen LogP contribution in [0.4, 0.5) is 4.39 Å². The highest BCUT2D eigenvalue weighted by Crippen LogP contribution is 2.18. The molecular weight excluding hydrogens is 443 g/mol. The first-order valence-electron chi connectivity index (χ1n) is 11.9. The van der Waals surface area contributed by atoms with Crippen molar-refractivity contribution in [3.05, 3.63) is 94.1 Å². The molecule has 1 aliphatic rings. The summed E-state index contributed by atoms with van der Waals surface area (Å²) in [5.74, 6) is -0.985. The number of hydrogen-bond acceptors (Lipinski definition) is 3. The molecular formula is C28H31FN4O2. The Morgan fingerprint density at radius 2 is 1.74 bits per heavy atom. The second-order valence-corrected chi connectivity index (χ2v) is 9.12. The van der Waals surface area contributed by atoms with Crippen LogP contribution in [-0.4, -0.2) is 45.6 Å². The molecule has 3 aromatic rings. The molecule has 2 heterocycles. The molecule has 1 aliphatic heterocycles. The van der Waals surface area contributed by atoms with Crippen molar-refractivity contribution in [1.29, 1.82) is 0 Å². The number of hydrogen-bond donors (Lipinski definition) is 1. The van der Waals surface area contributed by atoms with Crippen molar-refractivity contribution in [3.63, 3.8) is 0 Å². The van der Waals surface area contributed by atoms with E-state index in [4.69, 9.17) is 0 Å². The average Bonchev–Trinajstić information content (AvgIpc) is 3.11. The zero-order valence-corrected chi connectivity index (χ0v) is 20.4. The molecule has 0 radical (unpaired) electrons. The van der Waals surface area contributed by atoms with Crippen molar-refractivity contribution in [1.82, 2.24) is 20.0 Å². The monoisotopic (exact) mass is 474 g/mol. The van der Waals surface area contributed by atoms with E-state index >= 15 is 0 Å². The van der Waals surface area contributed by atoms with Crippen molar-refractivity contribution in [3.8, 4) is 0 Å². The molecule has 0 aliphatic carbocycles. The third-order valence-electron chi connectivity index (χ3n) is 6.52. The summed E-state index contributed by atoms with van der Waals surface area (Å²) in [6.45, 7) is 7.65. The van der Waals surface area contributed by atoms with Gasteiger partial charge in [0.15, 0.2) is 0 Å². The minimum absolute atomic E-state index is 0.0247. The molecule has 35 heavy (non-hydrogen) atoms. The van der Waals surface area contributed by atoms with Crippen molar-refractivity contribution in [2.75, 3.05) is 13.1 Å². The molecule has 182 valence electrons. The topological polar surface area (TPSA) is 67.2 Å². The van der Waals surface area contributed by atoms with E-state index in [1.807, 2.05) is 24.6 Å². The van der Waals surface area contributed by atoms with E-state index < -0.39 is 5.82 Å². The molecule has 0 bridgehead atoms. The van der Waals surface area contributed by atoms with Gasteiger partial charge < -0.3 is 10.2 Å². The second kappa shape index (κ2) is 10.7. The van der Waals surface area contributed by atoms with Gasteiger partial charge in [-0.3, -0.25) is 14.3 Å². The Hall–Kier alpha value is -3.74. The first-order valence-corrected chi connectivity index (χ1v) is 11.9. The van der Waals surface area contributed by atoms with Crippen LogP contribution in [0.3, 0.4) is 0 Å². The van der Waals surface area contributed by atoms with Crippen LogP contribution in [-0.2, 0) is 11.3 Å². The number of rotatable bonds is 6. The Morgan fingerprint density at radius 1 is 1.06 bits per heavy atom. The van der Waals surface area contributed by atoms with Gasteiger partial charge in [-0.15, -0.1) is 0 Å². The van der Waals surface area contributed by atoms with Crippen LogP contribution >= 0.6 is 0 Å². The Labute approximate surface area is 205 Å². The van der Waals surface area contributed by atoms with Crippen LogP contribution in [0.1, 0.15) is 51.3 Å². The van der Waals surface area contributed by atoms with E-state index in [0.29, 0.717) is 32.5 Å². The quantitative estimate of drug-likeness (QED) is 0.538. The van der Waals surface area contributed by atoms with E-state index in [2.05, 4.69) is 41.6 Å². The maximum Gasteiger partial charge on any atom is 0.256 e. The SMILES string of the molecule is Cc1ccc(Cn2nc(C)c(C=CC(=O)NC3CCN(C(=O)c4ccccc4F)CC3)c2C)cc1. The second-order valence-electron chi connectivity index (χ2n) is 9.12. The Morgan fingerprint density at radius 3 is 2.43 bits per heavy atom. The van der Waals surface area contributed by atoms with Gasteiger partial charge >= 0.3 is 0 Å². The zero-order chi connectivity index (χ0) is 24.9. The van der Waals surface area contributed by atoms with Gasteiger partial charge in [0.25, 0.3) is 5.91 Å². The van der Waals surface area contributed by atoms with Gasteiger partial charge in [0, 0.05) is 36.5 Å². The number of nitrogens with zero attached hydrogens (tertiary/aromatic N) is 3. The minimum Gasteiger partial charge on any atom is -0.350 e. The first-order chi connectivity index (χ1) is 16.8. The van der Waals surface area contributed by atoms with Gasteiger partial charge in [0.1, 0.15) is 5.82 Å². The Bertz CT molecular complexity index is 1240. The third-order valence-corrected chi connectivity index (χ3v) is 6.52. The molecule has 2 amide bonds. The lowest BCUT2D eigenvalue weighted by molar-refractivity contribution is -0.117. The molecule has 7 heteroatoms. The van der Waals surface area contributed by atoms with Gasteiger partial charge in [-0.05, 0) is 57.4 Å². The highest BCUT2D eigenvalue weighted by molar-refractivity contribution is 5.94. The van der Waals surface area contributed by atoms with Crippen LogP contribution in [0.25, 0.3) is 6.08 Å². The number of carbonyl (C=O) groups excluding carboxylic acids is 2. The number of benzene rings is 2. The predicted molar refractivity (Wildman–Crippen MR) is 134 cm³/mol. The number of aromatic nitrogens is 2. The lowest BCUT2D eigenvalue weighted by Gasteiger charge is -2.32. The largest absolute Gasteiger partial charge is 0.350 e. The summed E-state index contributed by atoms with van der Waals surface area (Å²) < 4.78 is 15.9.